The summed E-state index contributed by atoms with van der Waals surface area (Å²) < 4.78 is 5.47. The largest absolute Gasteiger partial charge is 0.497 e. The first-order valence-electron chi connectivity index (χ1n) is 10.5. The number of benzene rings is 1. The van der Waals surface area contributed by atoms with Gasteiger partial charge in [0.2, 0.25) is 0 Å². The third-order valence-electron chi connectivity index (χ3n) is 6.97. The van der Waals surface area contributed by atoms with Gasteiger partial charge in [0.1, 0.15) is 5.75 Å². The molecule has 2 bridgehead atoms. The Morgan fingerprint density at radius 2 is 2.14 bits per heavy atom. The molecule has 0 radical (unpaired) electrons. The van der Waals surface area contributed by atoms with Crippen LogP contribution in [0.1, 0.15) is 39.2 Å². The number of hydrogen-bond acceptors (Lipinski definition) is 4. The number of nitrogens with one attached hydrogen (secondary N) is 1. The summed E-state index contributed by atoms with van der Waals surface area (Å²) in [6, 6.07) is 6.47. The molecule has 4 heteroatoms. The molecule has 0 spiro atoms. The monoisotopic (exact) mass is 382 g/mol. The maximum Gasteiger partial charge on any atom is 0.119 e. The van der Waals surface area contributed by atoms with Crippen LogP contribution < -0.4 is 10.1 Å². The second-order valence-corrected chi connectivity index (χ2v) is 9.71. The molecule has 152 valence electrons. The van der Waals surface area contributed by atoms with Crippen molar-refractivity contribution in [2.75, 3.05) is 25.5 Å². The van der Waals surface area contributed by atoms with Crippen LogP contribution in [-0.2, 0) is 0 Å². The van der Waals surface area contributed by atoms with Crippen LogP contribution in [0.25, 0.3) is 5.57 Å². The van der Waals surface area contributed by atoms with E-state index in [-0.39, 0.29) is 17.5 Å². The smallest absolute Gasteiger partial charge is 0.119 e. The van der Waals surface area contributed by atoms with Gasteiger partial charge >= 0.3 is 0 Å². The zero-order valence-electron chi connectivity index (χ0n) is 17.6. The highest BCUT2D eigenvalue weighted by atomic mass is 16.5. The molecule has 4 heterocycles. The molecule has 3 unspecified atom stereocenters. The van der Waals surface area contributed by atoms with Gasteiger partial charge in [-0.05, 0) is 60.4 Å². The lowest BCUT2D eigenvalue weighted by molar-refractivity contribution is -0.0255. The van der Waals surface area contributed by atoms with Gasteiger partial charge in [0.15, 0.2) is 0 Å². The summed E-state index contributed by atoms with van der Waals surface area (Å²) in [7, 11) is 1.69. The maximum atomic E-state index is 11.6. The van der Waals surface area contributed by atoms with Crippen molar-refractivity contribution >= 4 is 11.3 Å². The fourth-order valence-corrected chi connectivity index (χ4v) is 5.13. The fourth-order valence-electron chi connectivity index (χ4n) is 5.13. The van der Waals surface area contributed by atoms with Gasteiger partial charge in [-0.15, -0.1) is 6.58 Å². The Hall–Kier alpha value is -1.78. The van der Waals surface area contributed by atoms with Crippen molar-refractivity contribution in [2.24, 2.45) is 17.3 Å². The number of piperidine rings is 3. The number of hydrogen-bond donors (Lipinski definition) is 2. The highest BCUT2D eigenvalue weighted by Crippen LogP contribution is 2.44. The molecule has 4 aliphatic rings. The Morgan fingerprint density at radius 1 is 1.36 bits per heavy atom. The third kappa shape index (κ3) is 3.37. The van der Waals surface area contributed by atoms with Crippen LogP contribution in [0.3, 0.4) is 0 Å². The van der Waals surface area contributed by atoms with Crippen molar-refractivity contribution in [3.05, 3.63) is 42.5 Å². The zero-order chi connectivity index (χ0) is 20.1. The van der Waals surface area contributed by atoms with Crippen molar-refractivity contribution in [3.8, 4) is 5.75 Å². The Kier molecular flexibility index (Phi) is 5.05. The number of nitrogens with zero attached hydrogens (tertiary/aromatic N) is 1. The Labute approximate surface area is 169 Å². The van der Waals surface area contributed by atoms with Crippen molar-refractivity contribution < 1.29 is 9.84 Å². The second kappa shape index (κ2) is 7.23. The molecule has 2 N–H and O–H groups in total. The van der Waals surface area contributed by atoms with Gasteiger partial charge in [0.05, 0.1) is 13.2 Å². The lowest BCUT2D eigenvalue weighted by Crippen LogP contribution is -2.57. The average Bonchev–Trinajstić information content (AvgIpc) is 2.71. The quantitative estimate of drug-likeness (QED) is 0.767. The number of aliphatic hydroxyl groups is 1. The highest BCUT2D eigenvalue weighted by molar-refractivity contribution is 5.83. The summed E-state index contributed by atoms with van der Waals surface area (Å²) in [4.78, 5) is 2.48. The normalized spacial score (nSPS) is 32.8. The number of aliphatic hydroxyl groups excluding tert-OH is 1. The minimum absolute atomic E-state index is 0.0579. The van der Waals surface area contributed by atoms with E-state index >= 15 is 0 Å². The van der Waals surface area contributed by atoms with Gasteiger partial charge < -0.3 is 15.2 Å². The van der Waals surface area contributed by atoms with Gasteiger partial charge in [0.25, 0.3) is 0 Å². The molecule has 3 saturated heterocycles. The van der Waals surface area contributed by atoms with Crippen LogP contribution in [0.5, 0.6) is 5.75 Å². The number of fused-ring (bicyclic) bond motifs is 4. The Morgan fingerprint density at radius 3 is 2.75 bits per heavy atom. The van der Waals surface area contributed by atoms with Gasteiger partial charge in [-0.25, -0.2) is 0 Å². The van der Waals surface area contributed by atoms with Crippen LogP contribution in [0.2, 0.25) is 0 Å². The summed E-state index contributed by atoms with van der Waals surface area (Å²) in [6.45, 7) is 12.8. The highest BCUT2D eigenvalue weighted by Gasteiger charge is 2.43. The van der Waals surface area contributed by atoms with E-state index in [1.54, 1.807) is 7.11 Å². The first-order valence-corrected chi connectivity index (χ1v) is 10.5. The number of rotatable bonds is 4. The van der Waals surface area contributed by atoms with Crippen molar-refractivity contribution in [1.82, 2.24) is 4.90 Å². The molecule has 4 nitrogen and oxygen atoms in total. The standard InChI is InChI=1S/C24H34N2O2/c1-6-15-14-26-10-9-16(15)11-21(26)23(27)19-13-22(24(2,3)4)25-20-8-7-17(28-5)12-18(19)20/h6-8,12-13,15-16,21-23,25,27H,1,9-11,14H2,2-5H3/t15-,16?,21-,22?,23+/m0/s1. The Balaban J connectivity index is 1.69. The molecule has 4 aliphatic heterocycles. The minimum Gasteiger partial charge on any atom is -0.497 e. The molecular formula is C24H34N2O2. The summed E-state index contributed by atoms with van der Waals surface area (Å²) in [5, 5.41) is 15.2. The molecular weight excluding hydrogens is 348 g/mol. The molecule has 28 heavy (non-hydrogen) atoms. The SMILES string of the molecule is C=C[C@H]1CN2CCC1C[C@H]2[C@H](O)C1=CC(C(C)(C)C)Nc2ccc(OC)cc21. The Bertz CT molecular complexity index is 779. The lowest BCUT2D eigenvalue weighted by atomic mass is 9.72. The first kappa shape index (κ1) is 19.5. The van der Waals surface area contributed by atoms with Gasteiger partial charge in [0, 0.05) is 29.9 Å². The van der Waals surface area contributed by atoms with E-state index in [1.807, 2.05) is 6.07 Å². The molecule has 3 fully saturated rings. The second-order valence-electron chi connectivity index (χ2n) is 9.71. The van der Waals surface area contributed by atoms with Gasteiger partial charge in [-0.3, -0.25) is 4.90 Å². The molecule has 5 rings (SSSR count). The number of methoxy groups -OCH3 is 1. The van der Waals surface area contributed by atoms with Crippen molar-refractivity contribution in [2.45, 2.75) is 51.8 Å². The molecule has 6 atom stereocenters. The summed E-state index contributed by atoms with van der Waals surface area (Å²) in [5.74, 6) is 2.03. The average molecular weight is 383 g/mol. The lowest BCUT2D eigenvalue weighted by Gasteiger charge is -2.51. The van der Waals surface area contributed by atoms with E-state index in [2.05, 4.69) is 61.9 Å². The predicted octanol–water partition coefficient (Wildman–Crippen LogP) is 4.18. The zero-order valence-corrected chi connectivity index (χ0v) is 17.6. The van der Waals surface area contributed by atoms with Crippen molar-refractivity contribution in [1.29, 1.82) is 0 Å². The maximum absolute atomic E-state index is 11.6. The van der Waals surface area contributed by atoms with Crippen LogP contribution in [0.4, 0.5) is 5.69 Å². The molecule has 0 aromatic heterocycles. The van der Waals surface area contributed by atoms with Crippen LogP contribution in [0, 0.1) is 17.3 Å². The summed E-state index contributed by atoms with van der Waals surface area (Å²) in [5.41, 5.74) is 3.25. The van der Waals surface area contributed by atoms with E-state index in [4.69, 9.17) is 4.74 Å². The summed E-state index contributed by atoms with van der Waals surface area (Å²) >= 11 is 0. The third-order valence-corrected chi connectivity index (χ3v) is 6.97. The van der Waals surface area contributed by atoms with Crippen LogP contribution in [-0.4, -0.2) is 48.4 Å². The molecule has 0 aliphatic carbocycles. The van der Waals surface area contributed by atoms with E-state index in [0.29, 0.717) is 11.8 Å². The van der Waals surface area contributed by atoms with Crippen molar-refractivity contribution in [3.63, 3.8) is 0 Å². The van der Waals surface area contributed by atoms with E-state index in [0.717, 1.165) is 42.1 Å². The van der Waals surface area contributed by atoms with E-state index in [1.165, 1.54) is 6.42 Å². The topological polar surface area (TPSA) is 44.7 Å². The molecule has 0 saturated carbocycles. The fraction of sp³-hybridized carbons (Fsp3) is 0.583. The van der Waals surface area contributed by atoms with Crippen LogP contribution >= 0.6 is 0 Å². The van der Waals surface area contributed by atoms with Gasteiger partial charge in [-0.1, -0.05) is 32.9 Å². The van der Waals surface area contributed by atoms with Gasteiger partial charge in [-0.2, -0.15) is 0 Å². The molecule has 0 amide bonds. The van der Waals surface area contributed by atoms with Crippen LogP contribution in [0.15, 0.2) is 36.9 Å². The predicted molar refractivity (Wildman–Crippen MR) is 116 cm³/mol. The first-order chi connectivity index (χ1) is 13.3. The summed E-state index contributed by atoms with van der Waals surface area (Å²) in [6.07, 6.45) is 6.13. The number of anilines is 1. The number of ether oxygens (including phenoxy) is 1. The van der Waals surface area contributed by atoms with E-state index < -0.39 is 6.10 Å². The minimum atomic E-state index is -0.494. The molecule has 1 aromatic rings. The van der Waals surface area contributed by atoms with E-state index in [9.17, 15) is 5.11 Å². The molecule has 1 aromatic carbocycles.